The lowest BCUT2D eigenvalue weighted by molar-refractivity contribution is 0.0240. The van der Waals surface area contributed by atoms with Crippen LogP contribution in [0.25, 0.3) is 0 Å². The van der Waals surface area contributed by atoms with E-state index in [-0.39, 0.29) is 0 Å². The molecule has 0 aliphatic heterocycles. The number of nitrogens with zero attached hydrogens (tertiary/aromatic N) is 1. The van der Waals surface area contributed by atoms with Crippen molar-refractivity contribution in [3.63, 3.8) is 0 Å². The van der Waals surface area contributed by atoms with Crippen LogP contribution in [-0.2, 0) is 6.54 Å². The molecule has 0 heterocycles. The van der Waals surface area contributed by atoms with Gasteiger partial charge in [-0.15, -0.1) is 0 Å². The van der Waals surface area contributed by atoms with Crippen LogP contribution in [-0.4, -0.2) is 48.9 Å². The van der Waals surface area contributed by atoms with Gasteiger partial charge in [0.25, 0.3) is 0 Å². The number of aliphatic hydroxyl groups is 1. The molecule has 114 valence electrons. The molecule has 0 aliphatic carbocycles. The van der Waals surface area contributed by atoms with E-state index in [9.17, 15) is 5.11 Å². The average molecular weight is 280 g/mol. The largest absolute Gasteiger partial charge is 0.497 e. The lowest BCUT2D eigenvalue weighted by Gasteiger charge is -2.30. The Hall–Kier alpha value is -1.10. The lowest BCUT2D eigenvalue weighted by atomic mass is 10.1. The molecule has 1 atom stereocenters. The van der Waals surface area contributed by atoms with Gasteiger partial charge in [-0.1, -0.05) is 26.0 Å². The second-order valence-electron chi connectivity index (χ2n) is 6.05. The van der Waals surface area contributed by atoms with Crippen molar-refractivity contribution < 1.29 is 9.84 Å². The number of nitrogens with one attached hydrogen (secondary N) is 1. The highest BCUT2D eigenvalue weighted by molar-refractivity contribution is 5.27. The zero-order valence-corrected chi connectivity index (χ0v) is 13.3. The minimum Gasteiger partial charge on any atom is -0.497 e. The Morgan fingerprint density at radius 3 is 2.40 bits per heavy atom. The van der Waals surface area contributed by atoms with E-state index in [2.05, 4.69) is 36.2 Å². The smallest absolute Gasteiger partial charge is 0.118 e. The first kappa shape index (κ1) is 17.0. The zero-order valence-electron chi connectivity index (χ0n) is 13.3. The number of ether oxygens (including phenoxy) is 1. The summed E-state index contributed by atoms with van der Waals surface area (Å²) in [6.45, 7) is 8.05. The van der Waals surface area contributed by atoms with Gasteiger partial charge in [0, 0.05) is 25.7 Å². The minimum absolute atomic E-state index is 0.383. The summed E-state index contributed by atoms with van der Waals surface area (Å²) in [7, 11) is 3.69. The molecule has 1 unspecified atom stereocenters. The number of benzene rings is 1. The molecular weight excluding hydrogens is 252 g/mol. The highest BCUT2D eigenvalue weighted by Crippen LogP contribution is 2.13. The maximum Gasteiger partial charge on any atom is 0.118 e. The summed E-state index contributed by atoms with van der Waals surface area (Å²) in [5.41, 5.74) is 0.479. The van der Waals surface area contributed by atoms with Crippen LogP contribution in [0.15, 0.2) is 24.3 Å². The van der Waals surface area contributed by atoms with Gasteiger partial charge in [-0.2, -0.15) is 0 Å². The molecule has 0 amide bonds. The molecule has 0 fully saturated rings. The van der Waals surface area contributed by atoms with Crippen molar-refractivity contribution in [2.24, 2.45) is 0 Å². The molecule has 1 aromatic carbocycles. The fraction of sp³-hybridized carbons (Fsp3) is 0.625. The molecule has 1 aromatic rings. The summed E-state index contributed by atoms with van der Waals surface area (Å²) in [5.74, 6) is 0.865. The highest BCUT2D eigenvalue weighted by Gasteiger charge is 2.22. The molecule has 0 aliphatic rings. The van der Waals surface area contributed by atoms with Crippen molar-refractivity contribution >= 4 is 0 Å². The van der Waals surface area contributed by atoms with Crippen LogP contribution in [0.2, 0.25) is 0 Å². The van der Waals surface area contributed by atoms with E-state index in [0.717, 1.165) is 12.3 Å². The van der Waals surface area contributed by atoms with Gasteiger partial charge in [0.2, 0.25) is 0 Å². The standard InChI is InChI=1S/C16H28N2O2/c1-13(2)17-11-16(3,19)12-18(4)10-14-6-8-15(20-5)9-7-14/h6-9,13,17,19H,10-12H2,1-5H3. The van der Waals surface area contributed by atoms with Crippen LogP contribution in [0, 0.1) is 0 Å². The molecule has 4 nitrogen and oxygen atoms in total. The molecule has 0 spiro atoms. The van der Waals surface area contributed by atoms with Crippen molar-refractivity contribution in [1.82, 2.24) is 10.2 Å². The summed E-state index contributed by atoms with van der Waals surface area (Å²) in [6.07, 6.45) is 0. The Labute approximate surface area is 122 Å². The van der Waals surface area contributed by atoms with Gasteiger partial charge in [0.1, 0.15) is 5.75 Å². The van der Waals surface area contributed by atoms with E-state index in [0.29, 0.717) is 19.1 Å². The third kappa shape index (κ3) is 6.37. The van der Waals surface area contributed by atoms with Crippen LogP contribution in [0.4, 0.5) is 0 Å². The van der Waals surface area contributed by atoms with Crippen molar-refractivity contribution in [1.29, 1.82) is 0 Å². The van der Waals surface area contributed by atoms with Crippen LogP contribution in [0.5, 0.6) is 5.75 Å². The Balaban J connectivity index is 2.46. The molecule has 0 radical (unpaired) electrons. The summed E-state index contributed by atoms with van der Waals surface area (Å²) >= 11 is 0. The van der Waals surface area contributed by atoms with E-state index in [4.69, 9.17) is 4.74 Å². The fourth-order valence-corrected chi connectivity index (χ4v) is 2.16. The fourth-order valence-electron chi connectivity index (χ4n) is 2.16. The van der Waals surface area contributed by atoms with E-state index >= 15 is 0 Å². The first-order chi connectivity index (χ1) is 9.32. The normalized spacial score (nSPS) is 14.6. The van der Waals surface area contributed by atoms with E-state index in [1.807, 2.05) is 26.1 Å². The van der Waals surface area contributed by atoms with Crippen molar-refractivity contribution in [3.05, 3.63) is 29.8 Å². The van der Waals surface area contributed by atoms with Gasteiger partial charge < -0.3 is 15.2 Å². The number of methoxy groups -OCH3 is 1. The van der Waals surface area contributed by atoms with Gasteiger partial charge in [-0.25, -0.2) is 0 Å². The third-order valence-electron chi connectivity index (χ3n) is 3.11. The van der Waals surface area contributed by atoms with Gasteiger partial charge in [0.15, 0.2) is 0 Å². The van der Waals surface area contributed by atoms with Gasteiger partial charge in [0.05, 0.1) is 12.7 Å². The second kappa shape index (κ2) is 7.62. The molecule has 0 saturated carbocycles. The Morgan fingerprint density at radius 1 is 1.30 bits per heavy atom. The molecular formula is C16H28N2O2. The minimum atomic E-state index is -0.731. The number of hydrogen-bond acceptors (Lipinski definition) is 4. The first-order valence-electron chi connectivity index (χ1n) is 7.09. The Kier molecular flexibility index (Phi) is 6.46. The predicted octanol–water partition coefficient (Wildman–Crippen LogP) is 1.88. The Morgan fingerprint density at radius 2 is 1.90 bits per heavy atom. The summed E-state index contributed by atoms with van der Waals surface area (Å²) in [4.78, 5) is 2.13. The second-order valence-corrected chi connectivity index (χ2v) is 6.05. The maximum absolute atomic E-state index is 10.4. The first-order valence-corrected chi connectivity index (χ1v) is 7.09. The molecule has 0 aromatic heterocycles. The summed E-state index contributed by atoms with van der Waals surface area (Å²) in [5, 5.41) is 13.6. The third-order valence-corrected chi connectivity index (χ3v) is 3.11. The number of hydrogen-bond donors (Lipinski definition) is 2. The molecule has 0 saturated heterocycles. The van der Waals surface area contributed by atoms with Crippen LogP contribution in [0.1, 0.15) is 26.3 Å². The Bertz CT molecular complexity index is 388. The highest BCUT2D eigenvalue weighted by atomic mass is 16.5. The zero-order chi connectivity index (χ0) is 15.2. The van der Waals surface area contributed by atoms with E-state index in [1.54, 1.807) is 7.11 Å². The predicted molar refractivity (Wildman–Crippen MR) is 83.1 cm³/mol. The van der Waals surface area contributed by atoms with E-state index < -0.39 is 5.60 Å². The SMILES string of the molecule is COc1ccc(CN(C)CC(C)(O)CNC(C)C)cc1. The molecule has 0 bridgehead atoms. The quantitative estimate of drug-likeness (QED) is 0.763. The molecule has 4 heteroatoms. The number of likely N-dealkylation sites (N-methyl/N-ethyl adjacent to an activating group) is 1. The van der Waals surface area contributed by atoms with E-state index in [1.165, 1.54) is 5.56 Å². The van der Waals surface area contributed by atoms with Gasteiger partial charge in [-0.3, -0.25) is 4.90 Å². The number of rotatable bonds is 8. The molecule has 20 heavy (non-hydrogen) atoms. The van der Waals surface area contributed by atoms with Crippen molar-refractivity contribution in [2.45, 2.75) is 39.0 Å². The summed E-state index contributed by atoms with van der Waals surface area (Å²) in [6, 6.07) is 8.41. The lowest BCUT2D eigenvalue weighted by Crippen LogP contribution is -2.47. The topological polar surface area (TPSA) is 44.7 Å². The molecule has 2 N–H and O–H groups in total. The maximum atomic E-state index is 10.4. The van der Waals surface area contributed by atoms with Crippen LogP contribution in [0.3, 0.4) is 0 Å². The monoisotopic (exact) mass is 280 g/mol. The molecule has 1 rings (SSSR count). The van der Waals surface area contributed by atoms with Crippen LogP contribution >= 0.6 is 0 Å². The average Bonchev–Trinajstić information content (AvgIpc) is 2.37. The summed E-state index contributed by atoms with van der Waals surface area (Å²) < 4.78 is 5.15. The van der Waals surface area contributed by atoms with Gasteiger partial charge >= 0.3 is 0 Å². The van der Waals surface area contributed by atoms with Gasteiger partial charge in [-0.05, 0) is 31.7 Å². The van der Waals surface area contributed by atoms with Crippen LogP contribution < -0.4 is 10.1 Å². The van der Waals surface area contributed by atoms with Crippen molar-refractivity contribution in [2.75, 3.05) is 27.2 Å². The van der Waals surface area contributed by atoms with Crippen molar-refractivity contribution in [3.8, 4) is 5.75 Å².